The lowest BCUT2D eigenvalue weighted by molar-refractivity contribution is -0.139. The van der Waals surface area contributed by atoms with Crippen molar-refractivity contribution in [1.82, 2.24) is 4.90 Å². The minimum absolute atomic E-state index is 0.00143. The number of piperidine rings is 1. The van der Waals surface area contributed by atoms with Gasteiger partial charge >= 0.3 is 6.09 Å². The number of rotatable bonds is 5. The summed E-state index contributed by atoms with van der Waals surface area (Å²) in [5.41, 5.74) is 0.568. The maximum absolute atomic E-state index is 12.5. The van der Waals surface area contributed by atoms with E-state index in [1.807, 2.05) is 4.90 Å². The number of hydrogen-bond donors (Lipinski definition) is 1. The summed E-state index contributed by atoms with van der Waals surface area (Å²) in [6.45, 7) is 6.21. The van der Waals surface area contributed by atoms with Gasteiger partial charge in [-0.25, -0.2) is 4.79 Å². The van der Waals surface area contributed by atoms with Crippen LogP contribution in [0.15, 0.2) is 24.3 Å². The molecule has 2 rings (SSSR count). The smallest absolute Gasteiger partial charge is 0.411 e. The molecule has 0 saturated carbocycles. The van der Waals surface area contributed by atoms with E-state index in [-0.39, 0.29) is 24.6 Å². The number of carbonyl (C=O) groups is 2. The Labute approximate surface area is 143 Å². The zero-order valence-electron chi connectivity index (χ0n) is 14.6. The van der Waals surface area contributed by atoms with E-state index in [4.69, 9.17) is 9.47 Å². The van der Waals surface area contributed by atoms with E-state index in [2.05, 4.69) is 19.2 Å². The van der Waals surface area contributed by atoms with Crippen LogP contribution in [0.1, 0.15) is 40.0 Å². The monoisotopic (exact) mass is 334 g/mol. The Balaban J connectivity index is 1.91. The van der Waals surface area contributed by atoms with Crippen molar-refractivity contribution in [3.05, 3.63) is 24.3 Å². The van der Waals surface area contributed by atoms with Crippen molar-refractivity contribution in [2.45, 2.75) is 52.1 Å². The molecular formula is C18H26N2O4. The highest BCUT2D eigenvalue weighted by Gasteiger charge is 2.28. The first-order chi connectivity index (χ1) is 11.5. The van der Waals surface area contributed by atoms with E-state index in [1.54, 1.807) is 31.2 Å². The van der Waals surface area contributed by atoms with Crippen molar-refractivity contribution in [3.8, 4) is 5.75 Å². The maximum Gasteiger partial charge on any atom is 0.411 e. The molecule has 2 atom stereocenters. The summed E-state index contributed by atoms with van der Waals surface area (Å²) >= 11 is 0. The Bertz CT molecular complexity index is 566. The summed E-state index contributed by atoms with van der Waals surface area (Å²) in [7, 11) is 0. The number of hydrogen-bond acceptors (Lipinski definition) is 4. The van der Waals surface area contributed by atoms with Gasteiger partial charge in [-0.05, 0) is 52.2 Å². The first-order valence-electron chi connectivity index (χ1n) is 8.49. The molecular weight excluding hydrogens is 308 g/mol. The van der Waals surface area contributed by atoms with Gasteiger partial charge < -0.3 is 14.4 Å². The standard InChI is InChI=1S/C18H26N2O4/c1-4-23-18(22)19-15-9-6-10-16(11-15)24-12-17(21)20-13(2)7-5-8-14(20)3/h6,9-11,13-14H,4-5,7-8,12H2,1-3H3,(H,19,22)/t13-,14+. The highest BCUT2D eigenvalue weighted by molar-refractivity contribution is 5.84. The van der Waals surface area contributed by atoms with Crippen LogP contribution in [0.4, 0.5) is 10.5 Å². The first kappa shape index (κ1) is 18.1. The van der Waals surface area contributed by atoms with E-state index in [0.717, 1.165) is 19.3 Å². The number of nitrogens with zero attached hydrogens (tertiary/aromatic N) is 1. The van der Waals surface area contributed by atoms with Gasteiger partial charge in [0.25, 0.3) is 5.91 Å². The van der Waals surface area contributed by atoms with Gasteiger partial charge in [0.15, 0.2) is 6.61 Å². The molecule has 1 aliphatic heterocycles. The van der Waals surface area contributed by atoms with Gasteiger partial charge in [-0.3, -0.25) is 10.1 Å². The van der Waals surface area contributed by atoms with Gasteiger partial charge in [0.05, 0.1) is 6.61 Å². The molecule has 1 N–H and O–H groups in total. The third-order valence-electron chi connectivity index (χ3n) is 4.20. The second kappa shape index (κ2) is 8.57. The fraction of sp³-hybridized carbons (Fsp3) is 0.556. The topological polar surface area (TPSA) is 67.9 Å². The van der Waals surface area contributed by atoms with Crippen LogP contribution in [0, 0.1) is 0 Å². The van der Waals surface area contributed by atoms with Crippen LogP contribution in [0.25, 0.3) is 0 Å². The number of anilines is 1. The van der Waals surface area contributed by atoms with Crippen molar-refractivity contribution >= 4 is 17.7 Å². The molecule has 2 amide bonds. The summed E-state index contributed by atoms with van der Waals surface area (Å²) in [6.07, 6.45) is 2.72. The average Bonchev–Trinajstić information content (AvgIpc) is 2.53. The quantitative estimate of drug-likeness (QED) is 0.896. The number of nitrogens with one attached hydrogen (secondary N) is 1. The summed E-state index contributed by atoms with van der Waals surface area (Å²) in [4.78, 5) is 25.8. The normalized spacial score (nSPS) is 20.4. The van der Waals surface area contributed by atoms with Crippen molar-refractivity contribution in [1.29, 1.82) is 0 Å². The summed E-state index contributed by atoms with van der Waals surface area (Å²) in [6, 6.07) is 7.43. The van der Waals surface area contributed by atoms with Gasteiger partial charge in [-0.2, -0.15) is 0 Å². The molecule has 1 aliphatic rings. The molecule has 0 radical (unpaired) electrons. The van der Waals surface area contributed by atoms with Crippen LogP contribution in [0.2, 0.25) is 0 Å². The van der Waals surface area contributed by atoms with Crippen LogP contribution in [0.5, 0.6) is 5.75 Å². The van der Waals surface area contributed by atoms with E-state index in [1.165, 1.54) is 0 Å². The lowest BCUT2D eigenvalue weighted by Gasteiger charge is -2.38. The Hall–Kier alpha value is -2.24. The minimum Gasteiger partial charge on any atom is -0.484 e. The molecule has 0 aromatic heterocycles. The van der Waals surface area contributed by atoms with Gasteiger partial charge in [-0.1, -0.05) is 6.07 Å². The van der Waals surface area contributed by atoms with Crippen molar-refractivity contribution in [3.63, 3.8) is 0 Å². The number of amides is 2. The molecule has 6 heteroatoms. The lowest BCUT2D eigenvalue weighted by atomic mass is 9.97. The SMILES string of the molecule is CCOC(=O)Nc1cccc(OCC(=O)N2[C@H](C)CCC[C@@H]2C)c1. The predicted octanol–water partition coefficient (Wildman–Crippen LogP) is 3.42. The fourth-order valence-electron chi connectivity index (χ4n) is 3.08. The Kier molecular flexibility index (Phi) is 6.46. The summed E-state index contributed by atoms with van der Waals surface area (Å²) in [5.74, 6) is 0.536. The maximum atomic E-state index is 12.5. The van der Waals surface area contributed by atoms with Crippen LogP contribution in [0.3, 0.4) is 0 Å². The molecule has 0 unspecified atom stereocenters. The summed E-state index contributed by atoms with van der Waals surface area (Å²) < 4.78 is 10.5. The van der Waals surface area contributed by atoms with E-state index >= 15 is 0 Å². The van der Waals surface area contributed by atoms with Crippen molar-refractivity contribution < 1.29 is 19.1 Å². The molecule has 1 fully saturated rings. The van der Waals surface area contributed by atoms with Crippen LogP contribution >= 0.6 is 0 Å². The molecule has 0 spiro atoms. The largest absolute Gasteiger partial charge is 0.484 e. The highest BCUT2D eigenvalue weighted by Crippen LogP contribution is 2.23. The van der Waals surface area contributed by atoms with Crippen LogP contribution in [-0.4, -0.2) is 42.2 Å². The molecule has 132 valence electrons. The van der Waals surface area contributed by atoms with Gasteiger partial charge in [-0.15, -0.1) is 0 Å². The third kappa shape index (κ3) is 4.88. The Morgan fingerprint density at radius 3 is 2.62 bits per heavy atom. The molecule has 0 aliphatic carbocycles. The molecule has 1 saturated heterocycles. The summed E-state index contributed by atoms with van der Waals surface area (Å²) in [5, 5.41) is 2.61. The first-order valence-corrected chi connectivity index (χ1v) is 8.49. The number of carbonyl (C=O) groups excluding carboxylic acids is 2. The van der Waals surface area contributed by atoms with Crippen molar-refractivity contribution in [2.24, 2.45) is 0 Å². The molecule has 1 aromatic rings. The molecule has 0 bridgehead atoms. The second-order valence-electron chi connectivity index (χ2n) is 6.09. The van der Waals surface area contributed by atoms with E-state index < -0.39 is 6.09 Å². The average molecular weight is 334 g/mol. The zero-order chi connectivity index (χ0) is 17.5. The third-order valence-corrected chi connectivity index (χ3v) is 4.20. The number of likely N-dealkylation sites (tertiary alicyclic amines) is 1. The van der Waals surface area contributed by atoms with Gasteiger partial charge in [0.2, 0.25) is 0 Å². The molecule has 1 heterocycles. The van der Waals surface area contributed by atoms with Crippen LogP contribution in [-0.2, 0) is 9.53 Å². The predicted molar refractivity (Wildman–Crippen MR) is 92.2 cm³/mol. The zero-order valence-corrected chi connectivity index (χ0v) is 14.6. The van der Waals surface area contributed by atoms with E-state index in [0.29, 0.717) is 18.0 Å². The van der Waals surface area contributed by atoms with Gasteiger partial charge in [0, 0.05) is 23.8 Å². The Morgan fingerprint density at radius 2 is 1.96 bits per heavy atom. The highest BCUT2D eigenvalue weighted by atomic mass is 16.5. The number of ether oxygens (including phenoxy) is 2. The molecule has 6 nitrogen and oxygen atoms in total. The Morgan fingerprint density at radius 1 is 1.25 bits per heavy atom. The van der Waals surface area contributed by atoms with Crippen molar-refractivity contribution in [2.75, 3.05) is 18.5 Å². The number of benzene rings is 1. The molecule has 24 heavy (non-hydrogen) atoms. The fourth-order valence-corrected chi connectivity index (χ4v) is 3.08. The van der Waals surface area contributed by atoms with E-state index in [9.17, 15) is 9.59 Å². The van der Waals surface area contributed by atoms with Gasteiger partial charge in [0.1, 0.15) is 5.75 Å². The minimum atomic E-state index is -0.512. The lowest BCUT2D eigenvalue weighted by Crippen LogP contribution is -2.49. The second-order valence-corrected chi connectivity index (χ2v) is 6.09. The molecule has 1 aromatic carbocycles. The van der Waals surface area contributed by atoms with Crippen LogP contribution < -0.4 is 10.1 Å².